The summed E-state index contributed by atoms with van der Waals surface area (Å²) >= 11 is 1.09. The maximum absolute atomic E-state index is 12.6. The number of aromatic nitrogens is 1. The van der Waals surface area contributed by atoms with Crippen LogP contribution in [0, 0.1) is 0 Å². The molecule has 1 aromatic rings. The van der Waals surface area contributed by atoms with Gasteiger partial charge in [-0.05, 0) is 12.1 Å². The van der Waals surface area contributed by atoms with Crippen LogP contribution < -0.4 is 4.90 Å². The van der Waals surface area contributed by atoms with Gasteiger partial charge in [0.25, 0.3) is 0 Å². The summed E-state index contributed by atoms with van der Waals surface area (Å²) in [5.41, 5.74) is -3.16. The van der Waals surface area contributed by atoms with E-state index in [9.17, 15) is 31.1 Å². The molecule has 1 saturated heterocycles. The molecular weight excluding hydrogens is 310 g/mol. The van der Waals surface area contributed by atoms with E-state index in [0.717, 1.165) is 16.7 Å². The molecule has 1 amide bonds. The summed E-state index contributed by atoms with van der Waals surface area (Å²) in [6.45, 7) is 0. The van der Waals surface area contributed by atoms with Crippen LogP contribution in [-0.2, 0) is 17.1 Å². The quantitative estimate of drug-likeness (QED) is 0.746. The Hall–Kier alpha value is -1.45. The highest BCUT2D eigenvalue weighted by atomic mass is 32.2. The first-order chi connectivity index (χ1) is 9.09. The smallest absolute Gasteiger partial charge is 0.286 e. The van der Waals surface area contributed by atoms with Crippen molar-refractivity contribution in [1.29, 1.82) is 0 Å². The van der Waals surface area contributed by atoms with E-state index in [2.05, 4.69) is 4.98 Å². The fourth-order valence-corrected chi connectivity index (χ4v) is 2.41. The third-order valence-electron chi connectivity index (χ3n) is 2.45. The van der Waals surface area contributed by atoms with Crippen molar-refractivity contribution in [3.63, 3.8) is 0 Å². The molecule has 1 fully saturated rings. The van der Waals surface area contributed by atoms with Crippen LogP contribution in [0.25, 0.3) is 0 Å². The Morgan fingerprint density at radius 2 is 1.75 bits per heavy atom. The first-order valence-electron chi connectivity index (χ1n) is 5.13. The standard InChI is InChI=1S/C10H6F6N2OS/c11-9(12,13)5-1-6(10(14,15)16)17-7(2-5)18-4-20-3-8(18)19/h1-2H,3-4H2. The van der Waals surface area contributed by atoms with Crippen LogP contribution in [0.5, 0.6) is 0 Å². The minimum atomic E-state index is -5.02. The van der Waals surface area contributed by atoms with E-state index in [0.29, 0.717) is 6.07 Å². The summed E-state index contributed by atoms with van der Waals surface area (Å²) in [5, 5.41) is 0. The number of pyridine rings is 1. The maximum Gasteiger partial charge on any atom is 0.433 e. The van der Waals surface area contributed by atoms with Gasteiger partial charge in [-0.25, -0.2) is 4.98 Å². The number of amides is 1. The van der Waals surface area contributed by atoms with Crippen molar-refractivity contribution in [2.45, 2.75) is 12.4 Å². The van der Waals surface area contributed by atoms with Crippen molar-refractivity contribution in [2.24, 2.45) is 0 Å². The van der Waals surface area contributed by atoms with Crippen molar-refractivity contribution < 1.29 is 31.1 Å². The lowest BCUT2D eigenvalue weighted by molar-refractivity contribution is -0.145. The summed E-state index contributed by atoms with van der Waals surface area (Å²) in [4.78, 5) is 15.3. The molecule has 0 saturated carbocycles. The fraction of sp³-hybridized carbons (Fsp3) is 0.400. The van der Waals surface area contributed by atoms with Crippen molar-refractivity contribution in [1.82, 2.24) is 4.98 Å². The molecule has 20 heavy (non-hydrogen) atoms. The maximum atomic E-state index is 12.6. The number of alkyl halides is 6. The highest BCUT2D eigenvalue weighted by Gasteiger charge is 2.39. The molecule has 0 N–H and O–H groups in total. The van der Waals surface area contributed by atoms with E-state index in [1.165, 1.54) is 0 Å². The number of thioether (sulfide) groups is 1. The third kappa shape index (κ3) is 3.00. The second-order valence-electron chi connectivity index (χ2n) is 3.89. The number of nitrogens with zero attached hydrogens (tertiary/aromatic N) is 2. The first kappa shape index (κ1) is 14.9. The van der Waals surface area contributed by atoms with Crippen LogP contribution in [0.3, 0.4) is 0 Å². The molecule has 0 bridgehead atoms. The van der Waals surface area contributed by atoms with E-state index >= 15 is 0 Å². The van der Waals surface area contributed by atoms with Crippen molar-refractivity contribution in [3.8, 4) is 0 Å². The van der Waals surface area contributed by atoms with Gasteiger partial charge in [0.2, 0.25) is 5.91 Å². The van der Waals surface area contributed by atoms with E-state index in [1.807, 2.05) is 0 Å². The minimum Gasteiger partial charge on any atom is -0.286 e. The van der Waals surface area contributed by atoms with Gasteiger partial charge >= 0.3 is 12.4 Å². The normalized spacial score (nSPS) is 16.9. The summed E-state index contributed by atoms with van der Waals surface area (Å²) in [6.07, 6.45) is -9.97. The molecule has 2 heterocycles. The van der Waals surface area contributed by atoms with E-state index < -0.39 is 35.3 Å². The largest absolute Gasteiger partial charge is 0.433 e. The molecule has 0 radical (unpaired) electrons. The summed E-state index contributed by atoms with van der Waals surface area (Å²) in [6, 6.07) is 0.371. The molecule has 0 aliphatic carbocycles. The van der Waals surface area contributed by atoms with Crippen molar-refractivity contribution in [3.05, 3.63) is 23.4 Å². The Kier molecular flexibility index (Phi) is 3.61. The lowest BCUT2D eigenvalue weighted by Gasteiger charge is -2.18. The topological polar surface area (TPSA) is 33.2 Å². The minimum absolute atomic E-state index is 0.000718. The molecule has 1 aliphatic rings. The molecular formula is C10H6F6N2OS. The predicted octanol–water partition coefficient (Wildman–Crippen LogP) is 3.16. The second-order valence-corrected chi connectivity index (χ2v) is 4.85. The van der Waals surface area contributed by atoms with Crippen LogP contribution in [0.2, 0.25) is 0 Å². The Balaban J connectivity index is 2.54. The monoisotopic (exact) mass is 316 g/mol. The SMILES string of the molecule is O=C1CSCN1c1cc(C(F)(F)F)cc(C(F)(F)F)n1. The average molecular weight is 316 g/mol. The Labute approximate surface area is 113 Å². The summed E-state index contributed by atoms with van der Waals surface area (Å²) in [7, 11) is 0. The number of hydrogen-bond acceptors (Lipinski definition) is 3. The summed E-state index contributed by atoms with van der Waals surface area (Å²) in [5.74, 6) is -1.24. The lowest BCUT2D eigenvalue weighted by atomic mass is 10.2. The molecule has 2 rings (SSSR count). The Morgan fingerprint density at radius 3 is 2.20 bits per heavy atom. The van der Waals surface area contributed by atoms with Crippen LogP contribution >= 0.6 is 11.8 Å². The average Bonchev–Trinajstić information content (AvgIpc) is 2.72. The molecule has 3 nitrogen and oxygen atoms in total. The molecule has 1 aromatic heterocycles. The van der Waals surface area contributed by atoms with Gasteiger partial charge in [0.15, 0.2) is 0 Å². The van der Waals surface area contributed by atoms with Gasteiger partial charge in [0.05, 0.1) is 17.2 Å². The van der Waals surface area contributed by atoms with Gasteiger partial charge in [0.1, 0.15) is 11.5 Å². The fourth-order valence-electron chi connectivity index (χ4n) is 1.53. The van der Waals surface area contributed by atoms with Gasteiger partial charge in [0, 0.05) is 0 Å². The van der Waals surface area contributed by atoms with E-state index in [-0.39, 0.29) is 17.7 Å². The molecule has 0 spiro atoms. The van der Waals surface area contributed by atoms with Gasteiger partial charge in [-0.15, -0.1) is 11.8 Å². The summed E-state index contributed by atoms with van der Waals surface area (Å²) < 4.78 is 75.6. The molecule has 0 unspecified atom stereocenters. The van der Waals surface area contributed by atoms with E-state index in [1.54, 1.807) is 0 Å². The van der Waals surface area contributed by atoms with Crippen LogP contribution in [-0.4, -0.2) is 22.5 Å². The zero-order valence-electron chi connectivity index (χ0n) is 9.55. The number of hydrogen-bond donors (Lipinski definition) is 0. The Bertz CT molecular complexity index is 509. The first-order valence-corrected chi connectivity index (χ1v) is 6.29. The second kappa shape index (κ2) is 4.83. The van der Waals surface area contributed by atoms with Crippen LogP contribution in [0.15, 0.2) is 12.1 Å². The number of carbonyl (C=O) groups is 1. The highest BCUT2D eigenvalue weighted by molar-refractivity contribution is 8.00. The van der Waals surface area contributed by atoms with Gasteiger partial charge in [-0.1, -0.05) is 0 Å². The third-order valence-corrected chi connectivity index (χ3v) is 3.34. The number of anilines is 1. The number of rotatable bonds is 1. The zero-order chi connectivity index (χ0) is 15.1. The number of halogens is 6. The van der Waals surface area contributed by atoms with Gasteiger partial charge in [-0.3, -0.25) is 9.69 Å². The molecule has 1 aliphatic heterocycles. The zero-order valence-corrected chi connectivity index (χ0v) is 10.4. The van der Waals surface area contributed by atoms with Crippen molar-refractivity contribution >= 4 is 23.5 Å². The predicted molar refractivity (Wildman–Crippen MR) is 59.1 cm³/mol. The Morgan fingerprint density at radius 1 is 1.10 bits per heavy atom. The van der Waals surface area contributed by atoms with Gasteiger partial charge < -0.3 is 0 Å². The van der Waals surface area contributed by atoms with Gasteiger partial charge in [-0.2, -0.15) is 26.3 Å². The molecule has 0 atom stereocenters. The number of carbonyl (C=O) groups excluding carboxylic acids is 1. The highest BCUT2D eigenvalue weighted by Crippen LogP contribution is 2.37. The van der Waals surface area contributed by atoms with E-state index in [4.69, 9.17) is 0 Å². The molecule has 0 aromatic carbocycles. The van der Waals surface area contributed by atoms with Crippen molar-refractivity contribution in [2.75, 3.05) is 16.5 Å². The lowest BCUT2D eigenvalue weighted by Crippen LogP contribution is -2.27. The van der Waals surface area contributed by atoms with Crippen LogP contribution in [0.4, 0.5) is 32.2 Å². The molecule has 10 heteroatoms. The van der Waals surface area contributed by atoms with Crippen LogP contribution in [0.1, 0.15) is 11.3 Å². The molecule has 110 valence electrons.